The normalized spacial score (nSPS) is 18.6. The van der Waals surface area contributed by atoms with Gasteiger partial charge in [0, 0.05) is 24.0 Å². The number of piperidine rings is 1. The molecule has 0 saturated carbocycles. The number of anilines is 1. The zero-order valence-corrected chi connectivity index (χ0v) is 17.4. The minimum Gasteiger partial charge on any atom is -0.298 e. The lowest BCUT2D eigenvalue weighted by Crippen LogP contribution is -2.39. The predicted molar refractivity (Wildman–Crippen MR) is 108 cm³/mol. The van der Waals surface area contributed by atoms with E-state index in [0.29, 0.717) is 35.6 Å². The van der Waals surface area contributed by atoms with Gasteiger partial charge in [0.1, 0.15) is 0 Å². The average molecular weight is 408 g/mol. The van der Waals surface area contributed by atoms with Gasteiger partial charge in [-0.2, -0.15) is 4.31 Å². The Balaban J connectivity index is 1.71. The van der Waals surface area contributed by atoms with Crippen molar-refractivity contribution in [1.82, 2.24) is 9.29 Å². The van der Waals surface area contributed by atoms with Gasteiger partial charge in [-0.15, -0.1) is 11.3 Å². The minimum atomic E-state index is -3.51. The van der Waals surface area contributed by atoms with Crippen molar-refractivity contribution >= 4 is 32.4 Å². The molecule has 1 fully saturated rings. The van der Waals surface area contributed by atoms with Crippen LogP contribution >= 0.6 is 11.3 Å². The molecule has 1 aliphatic heterocycles. The van der Waals surface area contributed by atoms with Crippen molar-refractivity contribution in [3.63, 3.8) is 0 Å². The Bertz CT molecular complexity index is 905. The molecule has 1 aromatic carbocycles. The number of hydrogen-bond donors (Lipinski definition) is 1. The Kier molecular flexibility index (Phi) is 5.98. The SMILES string of the molecule is CC1CCCN(S(=O)(=O)c2ccc(C(=O)Nc3nc(C(C)C)cs3)cc2)C1. The monoisotopic (exact) mass is 407 g/mol. The minimum absolute atomic E-state index is 0.226. The molecule has 2 aromatic rings. The highest BCUT2D eigenvalue weighted by atomic mass is 32.2. The van der Waals surface area contributed by atoms with E-state index in [4.69, 9.17) is 0 Å². The third-order valence-corrected chi connectivity index (χ3v) is 7.36. The molecule has 8 heteroatoms. The molecule has 0 spiro atoms. The number of carbonyl (C=O) groups is 1. The third-order valence-electron chi connectivity index (χ3n) is 4.71. The zero-order chi connectivity index (χ0) is 19.6. The van der Waals surface area contributed by atoms with E-state index in [9.17, 15) is 13.2 Å². The second-order valence-corrected chi connectivity index (χ2v) is 10.1. The van der Waals surface area contributed by atoms with Crippen LogP contribution in [0.15, 0.2) is 34.5 Å². The first kappa shape index (κ1) is 20.0. The highest BCUT2D eigenvalue weighted by Gasteiger charge is 2.28. The zero-order valence-electron chi connectivity index (χ0n) is 15.8. The molecule has 1 amide bonds. The number of nitrogens with zero attached hydrogens (tertiary/aromatic N) is 2. The van der Waals surface area contributed by atoms with E-state index in [0.717, 1.165) is 18.5 Å². The van der Waals surface area contributed by atoms with Crippen molar-refractivity contribution in [3.05, 3.63) is 40.9 Å². The van der Waals surface area contributed by atoms with Gasteiger partial charge in [0.05, 0.1) is 10.6 Å². The highest BCUT2D eigenvalue weighted by Crippen LogP contribution is 2.25. The second-order valence-electron chi connectivity index (χ2n) is 7.32. The maximum atomic E-state index is 12.8. The topological polar surface area (TPSA) is 79.4 Å². The lowest BCUT2D eigenvalue weighted by atomic mass is 10.0. The molecular weight excluding hydrogens is 382 g/mol. The summed E-state index contributed by atoms with van der Waals surface area (Å²) in [6.45, 7) is 7.26. The van der Waals surface area contributed by atoms with Gasteiger partial charge in [0.2, 0.25) is 10.0 Å². The van der Waals surface area contributed by atoms with Crippen LogP contribution in [0.25, 0.3) is 0 Å². The van der Waals surface area contributed by atoms with Crippen molar-refractivity contribution < 1.29 is 13.2 Å². The van der Waals surface area contributed by atoms with E-state index in [2.05, 4.69) is 17.2 Å². The Hall–Kier alpha value is -1.77. The molecule has 0 bridgehead atoms. The Morgan fingerprint density at radius 1 is 1.30 bits per heavy atom. The van der Waals surface area contributed by atoms with Crippen LogP contribution in [0.2, 0.25) is 0 Å². The van der Waals surface area contributed by atoms with Gasteiger partial charge in [-0.3, -0.25) is 10.1 Å². The molecule has 0 radical (unpaired) electrons. The van der Waals surface area contributed by atoms with Gasteiger partial charge in [0.15, 0.2) is 5.13 Å². The average Bonchev–Trinajstić information content (AvgIpc) is 3.10. The van der Waals surface area contributed by atoms with Gasteiger partial charge < -0.3 is 0 Å². The fraction of sp³-hybridized carbons (Fsp3) is 0.474. The third kappa shape index (κ3) is 4.56. The largest absolute Gasteiger partial charge is 0.298 e. The molecule has 27 heavy (non-hydrogen) atoms. The number of hydrogen-bond acceptors (Lipinski definition) is 5. The van der Waals surface area contributed by atoms with Crippen LogP contribution in [0.1, 0.15) is 55.6 Å². The summed E-state index contributed by atoms with van der Waals surface area (Å²) in [7, 11) is -3.51. The van der Waals surface area contributed by atoms with Crippen LogP contribution in [0.5, 0.6) is 0 Å². The summed E-state index contributed by atoms with van der Waals surface area (Å²) in [4.78, 5) is 17.0. The molecule has 1 aliphatic rings. The Morgan fingerprint density at radius 3 is 2.59 bits per heavy atom. The first-order valence-corrected chi connectivity index (χ1v) is 11.5. The van der Waals surface area contributed by atoms with Crippen LogP contribution in [-0.4, -0.2) is 36.7 Å². The predicted octanol–water partition coefficient (Wildman–Crippen LogP) is 3.94. The number of sulfonamides is 1. The van der Waals surface area contributed by atoms with Crippen molar-refractivity contribution in [2.45, 2.75) is 44.4 Å². The summed E-state index contributed by atoms with van der Waals surface area (Å²) < 4.78 is 27.1. The molecule has 1 N–H and O–H groups in total. The molecule has 146 valence electrons. The van der Waals surface area contributed by atoms with Gasteiger partial charge >= 0.3 is 0 Å². The van der Waals surface area contributed by atoms with Gasteiger partial charge in [-0.1, -0.05) is 20.8 Å². The molecule has 1 unspecified atom stereocenters. The summed E-state index contributed by atoms with van der Waals surface area (Å²) in [5.41, 5.74) is 1.34. The van der Waals surface area contributed by atoms with Crippen molar-refractivity contribution in [1.29, 1.82) is 0 Å². The summed E-state index contributed by atoms with van der Waals surface area (Å²) >= 11 is 1.38. The first-order valence-electron chi connectivity index (χ1n) is 9.14. The molecule has 1 atom stereocenters. The van der Waals surface area contributed by atoms with E-state index in [1.165, 1.54) is 23.5 Å². The molecule has 0 aliphatic carbocycles. The van der Waals surface area contributed by atoms with Crippen molar-refractivity contribution in [2.24, 2.45) is 5.92 Å². The van der Waals surface area contributed by atoms with Crippen LogP contribution in [-0.2, 0) is 10.0 Å². The number of rotatable bonds is 5. The summed E-state index contributed by atoms with van der Waals surface area (Å²) in [6, 6.07) is 6.11. The maximum absolute atomic E-state index is 12.8. The Morgan fingerprint density at radius 2 is 2.00 bits per heavy atom. The summed E-state index contributed by atoms with van der Waals surface area (Å²) in [6.07, 6.45) is 1.94. The van der Waals surface area contributed by atoms with E-state index in [-0.39, 0.29) is 10.8 Å². The molecular formula is C19H25N3O3S2. The Labute approximate surface area is 164 Å². The summed E-state index contributed by atoms with van der Waals surface area (Å²) in [5.74, 6) is 0.372. The molecule has 2 heterocycles. The number of thiazole rings is 1. The standard InChI is InChI=1S/C19H25N3O3S2/c1-13(2)17-12-26-19(20-17)21-18(23)15-6-8-16(9-7-15)27(24,25)22-10-4-5-14(3)11-22/h6-9,12-14H,4-5,10-11H2,1-3H3,(H,20,21,23). The number of benzene rings is 1. The van der Waals surface area contributed by atoms with Crippen LogP contribution in [0, 0.1) is 5.92 Å². The molecule has 1 aromatic heterocycles. The molecule has 6 nitrogen and oxygen atoms in total. The molecule has 3 rings (SSSR count). The van der Waals surface area contributed by atoms with Crippen LogP contribution < -0.4 is 5.32 Å². The van der Waals surface area contributed by atoms with Crippen molar-refractivity contribution in [3.8, 4) is 0 Å². The number of amides is 1. The van der Waals surface area contributed by atoms with Crippen LogP contribution in [0.3, 0.4) is 0 Å². The summed E-state index contributed by atoms with van der Waals surface area (Å²) in [5, 5.41) is 5.24. The lowest BCUT2D eigenvalue weighted by Gasteiger charge is -2.30. The number of nitrogens with one attached hydrogen (secondary N) is 1. The first-order chi connectivity index (χ1) is 12.8. The van der Waals surface area contributed by atoms with Crippen LogP contribution in [0.4, 0.5) is 5.13 Å². The number of carbonyl (C=O) groups excluding carboxylic acids is 1. The maximum Gasteiger partial charge on any atom is 0.257 e. The smallest absolute Gasteiger partial charge is 0.257 e. The highest BCUT2D eigenvalue weighted by molar-refractivity contribution is 7.89. The lowest BCUT2D eigenvalue weighted by molar-refractivity contribution is 0.102. The fourth-order valence-electron chi connectivity index (χ4n) is 3.07. The second kappa shape index (κ2) is 8.08. The molecule has 1 saturated heterocycles. The quantitative estimate of drug-likeness (QED) is 0.814. The van der Waals surface area contributed by atoms with Crippen molar-refractivity contribution in [2.75, 3.05) is 18.4 Å². The van der Waals surface area contributed by atoms with Gasteiger partial charge in [0.25, 0.3) is 5.91 Å². The van der Waals surface area contributed by atoms with E-state index >= 15 is 0 Å². The van der Waals surface area contributed by atoms with E-state index < -0.39 is 10.0 Å². The van der Waals surface area contributed by atoms with Gasteiger partial charge in [-0.05, 0) is 48.9 Å². The van der Waals surface area contributed by atoms with E-state index in [1.54, 1.807) is 16.4 Å². The van der Waals surface area contributed by atoms with E-state index in [1.807, 2.05) is 19.2 Å². The van der Waals surface area contributed by atoms with Gasteiger partial charge in [-0.25, -0.2) is 13.4 Å². The number of aromatic nitrogens is 1. The fourth-order valence-corrected chi connectivity index (χ4v) is 5.54.